The molecule has 0 bridgehead atoms. The van der Waals surface area contributed by atoms with Crippen LogP contribution >= 0.6 is 0 Å². The number of amides is 5. The molecule has 0 spiro atoms. The summed E-state index contributed by atoms with van der Waals surface area (Å²) in [4.78, 5) is 75.4. The zero-order valence-electron chi connectivity index (χ0n) is 37.5. The quantitative estimate of drug-likeness (QED) is 0.116. The lowest BCUT2D eigenvalue weighted by Crippen LogP contribution is -2.55. The van der Waals surface area contributed by atoms with Crippen LogP contribution in [0.5, 0.6) is 0 Å². The molecule has 66 heavy (non-hydrogen) atoms. The first-order chi connectivity index (χ1) is 32.1. The third kappa shape index (κ3) is 11.2. The van der Waals surface area contributed by atoms with Crippen LogP contribution < -0.4 is 20.9 Å². The Morgan fingerprint density at radius 1 is 0.682 bits per heavy atom. The van der Waals surface area contributed by atoms with Crippen LogP contribution in [0.4, 0.5) is 26.2 Å². The molecule has 4 fully saturated rings. The highest BCUT2D eigenvalue weighted by Crippen LogP contribution is 2.31. The average Bonchev–Trinajstić information content (AvgIpc) is 4.17. The molecule has 4 aliphatic rings. The molecule has 4 heterocycles. The van der Waals surface area contributed by atoms with Crippen LogP contribution in [0.1, 0.15) is 74.1 Å². The van der Waals surface area contributed by atoms with Gasteiger partial charge in [0.15, 0.2) is 0 Å². The monoisotopic (exact) mass is 901 g/mol. The molecule has 5 atom stereocenters. The van der Waals surface area contributed by atoms with Crippen molar-refractivity contribution in [2.24, 2.45) is 5.92 Å². The number of carbonyl (C=O) groups excluding carboxylic acids is 5. The van der Waals surface area contributed by atoms with Crippen LogP contribution in [0, 0.1) is 11.7 Å². The third-order valence-corrected chi connectivity index (χ3v) is 13.3. The summed E-state index contributed by atoms with van der Waals surface area (Å²) in [6.07, 6.45) is 5.69. The summed E-state index contributed by atoms with van der Waals surface area (Å²) in [5, 5.41) is 8.73. The molecule has 348 valence electrons. The number of hydrogen-bond donors (Lipinski definition) is 3. The van der Waals surface area contributed by atoms with Gasteiger partial charge >= 0.3 is 6.09 Å². The van der Waals surface area contributed by atoms with E-state index in [-0.39, 0.29) is 35.4 Å². The van der Waals surface area contributed by atoms with Crippen LogP contribution in [0.25, 0.3) is 0 Å². The lowest BCUT2D eigenvalue weighted by Gasteiger charge is -2.37. The summed E-state index contributed by atoms with van der Waals surface area (Å²) in [7, 11) is 1.25. The van der Waals surface area contributed by atoms with Crippen LogP contribution in [-0.2, 0) is 41.7 Å². The van der Waals surface area contributed by atoms with E-state index in [1.165, 1.54) is 19.2 Å². The van der Waals surface area contributed by atoms with Gasteiger partial charge in [-0.2, -0.15) is 0 Å². The minimum atomic E-state index is -0.857. The van der Waals surface area contributed by atoms with Crippen molar-refractivity contribution < 1.29 is 37.8 Å². The van der Waals surface area contributed by atoms with E-state index in [0.717, 1.165) is 61.2 Å². The standard InChI is InChI=1S/C51H60FN7O7/c1-65-51(64)55-45(38-26-31-66-34-38)49(62)58-29-8-12-43(58)47(60)53-40-20-14-35(15-21-40)32-57(42-24-18-39(52)19-25-42)33-36-16-22-41(23-17-36)54-48(61)44-13-9-30-59(44)50(63)46(37-10-4-2-5-11-37)56-27-6-3-7-28-56/h2,4-5,10-11,14-25,38,43-46H,3,6-9,12-13,26-34H2,1H3,(H,53,60)(H,54,61)(H,55,64)/t38-,43-,44?,45-,46+/m0/s1. The van der Waals surface area contributed by atoms with E-state index in [1.54, 1.807) is 21.9 Å². The highest BCUT2D eigenvalue weighted by Gasteiger charge is 2.42. The summed E-state index contributed by atoms with van der Waals surface area (Å²) in [5.74, 6) is -1.40. The molecule has 0 radical (unpaired) electrons. The second kappa shape index (κ2) is 21.8. The lowest BCUT2D eigenvalue weighted by atomic mass is 9.97. The number of methoxy groups -OCH3 is 1. The van der Waals surface area contributed by atoms with Crippen molar-refractivity contribution in [1.82, 2.24) is 20.0 Å². The molecule has 8 rings (SSSR count). The van der Waals surface area contributed by atoms with E-state index >= 15 is 0 Å². The van der Waals surface area contributed by atoms with Crippen LogP contribution in [0.15, 0.2) is 103 Å². The molecule has 4 aliphatic heterocycles. The van der Waals surface area contributed by atoms with Gasteiger partial charge in [-0.1, -0.05) is 61.0 Å². The number of anilines is 3. The van der Waals surface area contributed by atoms with Gasteiger partial charge < -0.3 is 40.1 Å². The molecule has 0 saturated carbocycles. The smallest absolute Gasteiger partial charge is 0.407 e. The Morgan fingerprint density at radius 3 is 1.77 bits per heavy atom. The van der Waals surface area contributed by atoms with Crippen LogP contribution in [-0.4, -0.2) is 109 Å². The van der Waals surface area contributed by atoms with Gasteiger partial charge in [-0.15, -0.1) is 0 Å². The number of likely N-dealkylation sites (tertiary alicyclic amines) is 3. The number of carbonyl (C=O) groups is 5. The van der Waals surface area contributed by atoms with Gasteiger partial charge in [0.2, 0.25) is 23.6 Å². The highest BCUT2D eigenvalue weighted by atomic mass is 19.1. The number of halogens is 1. The van der Waals surface area contributed by atoms with Crippen molar-refractivity contribution in [3.8, 4) is 0 Å². The topological polar surface area (TPSA) is 153 Å². The Bertz CT molecular complexity index is 2290. The average molecular weight is 902 g/mol. The number of rotatable bonds is 15. The summed E-state index contributed by atoms with van der Waals surface area (Å²) in [6, 6.07) is 28.8. The number of alkyl carbamates (subject to hydrolysis) is 1. The lowest BCUT2D eigenvalue weighted by molar-refractivity contribution is -0.142. The third-order valence-electron chi connectivity index (χ3n) is 13.3. The molecule has 4 aromatic carbocycles. The molecule has 5 amide bonds. The number of nitrogens with one attached hydrogen (secondary N) is 3. The maximum Gasteiger partial charge on any atom is 0.407 e. The molecule has 0 aliphatic carbocycles. The fourth-order valence-corrected chi connectivity index (χ4v) is 9.82. The van der Waals surface area contributed by atoms with Gasteiger partial charge in [0.05, 0.1) is 13.7 Å². The molecule has 1 unspecified atom stereocenters. The fraction of sp³-hybridized carbons (Fsp3) is 0.431. The number of piperidine rings is 1. The van der Waals surface area contributed by atoms with Crippen LogP contribution in [0.3, 0.4) is 0 Å². The van der Waals surface area contributed by atoms with Crippen LogP contribution in [0.2, 0.25) is 0 Å². The van der Waals surface area contributed by atoms with E-state index in [9.17, 15) is 28.4 Å². The summed E-state index contributed by atoms with van der Waals surface area (Å²) >= 11 is 0. The Morgan fingerprint density at radius 2 is 1.24 bits per heavy atom. The Hall–Kier alpha value is -6.32. The van der Waals surface area contributed by atoms with Crippen molar-refractivity contribution >= 4 is 46.8 Å². The SMILES string of the molecule is COC(=O)N[C@H](C(=O)N1CCC[C@H]1C(=O)Nc1ccc(CN(Cc2ccc(NC(=O)C3CCCN3C(=O)[C@@H](c3ccccc3)N3CCCCC3)cc2)c2ccc(F)cc2)cc1)[C@H]1CCOC1. The molecular formula is C51H60FN7O7. The Kier molecular flexibility index (Phi) is 15.3. The first-order valence-electron chi connectivity index (χ1n) is 23.3. The maximum absolute atomic E-state index is 14.3. The highest BCUT2D eigenvalue weighted by molar-refractivity contribution is 5.99. The first-order valence-corrected chi connectivity index (χ1v) is 23.3. The first kappa shape index (κ1) is 46.2. The maximum atomic E-state index is 14.3. The van der Waals surface area contributed by atoms with Gasteiger partial charge in [0, 0.05) is 55.8 Å². The van der Waals surface area contributed by atoms with Crippen molar-refractivity contribution in [2.45, 2.75) is 88.6 Å². The molecule has 15 heteroatoms. The number of nitrogens with zero attached hydrogens (tertiary/aromatic N) is 4. The van der Waals surface area contributed by atoms with Crippen molar-refractivity contribution in [1.29, 1.82) is 0 Å². The molecule has 3 N–H and O–H groups in total. The molecule has 4 aromatic rings. The minimum Gasteiger partial charge on any atom is -0.453 e. The van der Waals surface area contributed by atoms with Gasteiger partial charge in [0.1, 0.15) is 30.0 Å². The van der Waals surface area contributed by atoms with Crippen molar-refractivity contribution in [3.63, 3.8) is 0 Å². The molecule has 0 aromatic heterocycles. The Balaban J connectivity index is 0.894. The van der Waals surface area contributed by atoms with E-state index in [2.05, 4.69) is 25.8 Å². The van der Waals surface area contributed by atoms with Gasteiger partial charge in [-0.3, -0.25) is 24.1 Å². The zero-order valence-corrected chi connectivity index (χ0v) is 37.5. The van der Waals surface area contributed by atoms with Gasteiger partial charge in [0.25, 0.3) is 0 Å². The minimum absolute atomic E-state index is 0.0169. The van der Waals surface area contributed by atoms with E-state index in [0.29, 0.717) is 76.5 Å². The number of hydrogen-bond acceptors (Lipinski definition) is 9. The normalized spacial score (nSPS) is 20.6. The predicted octanol–water partition coefficient (Wildman–Crippen LogP) is 6.88. The largest absolute Gasteiger partial charge is 0.453 e. The zero-order chi connectivity index (χ0) is 46.0. The number of benzene rings is 4. The summed E-state index contributed by atoms with van der Waals surface area (Å²) in [5.41, 5.74) is 4.89. The van der Waals surface area contributed by atoms with Gasteiger partial charge in [-0.25, -0.2) is 9.18 Å². The van der Waals surface area contributed by atoms with Crippen molar-refractivity contribution in [2.75, 3.05) is 62.0 Å². The predicted molar refractivity (Wildman–Crippen MR) is 249 cm³/mol. The molecule has 14 nitrogen and oxygen atoms in total. The second-order valence-electron chi connectivity index (χ2n) is 17.7. The second-order valence-corrected chi connectivity index (χ2v) is 17.7. The number of ether oxygens (including phenoxy) is 2. The fourth-order valence-electron chi connectivity index (χ4n) is 9.82. The Labute approximate surface area is 385 Å². The summed E-state index contributed by atoms with van der Waals surface area (Å²) in [6.45, 7) is 4.43. The van der Waals surface area contributed by atoms with Crippen molar-refractivity contribution in [3.05, 3.63) is 126 Å². The van der Waals surface area contributed by atoms with Gasteiger partial charge in [-0.05, 0) is 123 Å². The van der Waals surface area contributed by atoms with E-state index in [1.807, 2.05) is 78.9 Å². The molecular weight excluding hydrogens is 842 g/mol. The summed E-state index contributed by atoms with van der Waals surface area (Å²) < 4.78 is 24.4. The van der Waals surface area contributed by atoms with E-state index < -0.39 is 30.3 Å². The van der Waals surface area contributed by atoms with E-state index in [4.69, 9.17) is 9.47 Å². The molecule has 4 saturated heterocycles.